The lowest BCUT2D eigenvalue weighted by Crippen LogP contribution is -2.36. The van der Waals surface area contributed by atoms with Crippen molar-refractivity contribution in [1.29, 1.82) is 0 Å². The summed E-state index contributed by atoms with van der Waals surface area (Å²) in [5, 5.41) is 16.7. The number of amides is 1. The number of anilines is 1. The van der Waals surface area contributed by atoms with Crippen LogP contribution in [0.4, 0.5) is 19.4 Å². The fourth-order valence-electron chi connectivity index (χ4n) is 7.36. The fourth-order valence-corrected chi connectivity index (χ4v) is 7.36. The first-order chi connectivity index (χ1) is 33.2. The topological polar surface area (TPSA) is 161 Å². The summed E-state index contributed by atoms with van der Waals surface area (Å²) in [4.78, 5) is 25.3. The van der Waals surface area contributed by atoms with Crippen LogP contribution in [0.5, 0.6) is 34.8 Å². The van der Waals surface area contributed by atoms with Gasteiger partial charge in [0.05, 0.1) is 60.1 Å². The quantitative estimate of drug-likeness (QED) is 0.0572. The van der Waals surface area contributed by atoms with Gasteiger partial charge in [-0.25, -0.2) is 18.7 Å². The first kappa shape index (κ1) is 51.5. The van der Waals surface area contributed by atoms with E-state index in [1.807, 2.05) is 66.4 Å². The van der Waals surface area contributed by atoms with E-state index in [9.17, 15) is 9.90 Å². The van der Waals surface area contributed by atoms with Crippen LogP contribution in [0.25, 0.3) is 5.65 Å². The molecule has 0 fully saturated rings. The number of likely N-dealkylation sites (N-methyl/N-ethyl adjacent to an activating group) is 1. The minimum absolute atomic E-state index is 0.00769. The number of aliphatic hydroxyl groups is 1. The molecule has 0 spiro atoms. The minimum Gasteiger partial charge on any atom is -0.497 e. The van der Waals surface area contributed by atoms with Crippen LogP contribution in [0.15, 0.2) is 85.1 Å². The number of imidazole rings is 1. The highest BCUT2D eigenvalue weighted by atomic mass is 19.2. The van der Waals surface area contributed by atoms with Crippen LogP contribution < -0.4 is 33.3 Å². The molecule has 0 aliphatic heterocycles. The minimum atomic E-state index is -1.79. The van der Waals surface area contributed by atoms with E-state index in [0.29, 0.717) is 49.1 Å². The van der Waals surface area contributed by atoms with Gasteiger partial charge >= 0.3 is 12.1 Å². The van der Waals surface area contributed by atoms with E-state index in [0.717, 1.165) is 23.1 Å². The largest absolute Gasteiger partial charge is 0.497 e. The lowest BCUT2D eigenvalue weighted by molar-refractivity contribution is 0.0277. The van der Waals surface area contributed by atoms with Gasteiger partial charge in [0, 0.05) is 55.4 Å². The maximum atomic E-state index is 16.1. The second-order valence-corrected chi connectivity index (χ2v) is 17.1. The zero-order valence-electron chi connectivity index (χ0n) is 40.7. The second-order valence-electron chi connectivity index (χ2n) is 17.1. The van der Waals surface area contributed by atoms with Gasteiger partial charge in [-0.15, -0.1) is 5.10 Å². The summed E-state index contributed by atoms with van der Waals surface area (Å²) < 4.78 is 79.3. The van der Waals surface area contributed by atoms with E-state index in [4.69, 9.17) is 53.0 Å². The molecule has 0 saturated heterocycles. The average Bonchev–Trinajstić information content (AvgIpc) is 3.77. The van der Waals surface area contributed by atoms with Crippen molar-refractivity contribution in [1.82, 2.24) is 24.5 Å². The standard InChI is InChI=1S/C51H62F2N6O10/c1-10-14-36(23-25-66-32-33-15-12-11-13-16-33)68-49-55-48(58(30-34-17-19-37(62-6)27-42(34)64-8)31-35-18-20-38(63-7)28-43(35)65-9)47-54-29-40(59(47)56-49)46(60)39-21-22-41(45(53)44(39)52)67-26-24-57(5)50(61)69-51(2,3)4/h11-13,15-22,27-29,36,46,60H,10,14,23-26,30-32H2,1-9H3/t36-,46?/m1/s1. The van der Waals surface area contributed by atoms with Crippen LogP contribution in [0.3, 0.4) is 0 Å². The monoisotopic (exact) mass is 956 g/mol. The molecule has 4 aromatic carbocycles. The van der Waals surface area contributed by atoms with E-state index in [1.54, 1.807) is 61.3 Å². The molecule has 0 aliphatic rings. The van der Waals surface area contributed by atoms with Gasteiger partial charge in [-0.3, -0.25) is 0 Å². The van der Waals surface area contributed by atoms with Crippen LogP contribution in [-0.4, -0.2) is 103 Å². The maximum Gasteiger partial charge on any atom is 0.410 e. The number of nitrogens with zero attached hydrogens (tertiary/aromatic N) is 6. The molecule has 1 unspecified atom stereocenters. The van der Waals surface area contributed by atoms with Crippen molar-refractivity contribution in [2.45, 2.75) is 84.5 Å². The second kappa shape index (κ2) is 23.9. The molecule has 1 N–H and O–H groups in total. The van der Waals surface area contributed by atoms with Gasteiger partial charge in [-0.2, -0.15) is 9.37 Å². The summed E-state index contributed by atoms with van der Waals surface area (Å²) in [6.45, 7) is 8.32. The predicted molar refractivity (Wildman–Crippen MR) is 255 cm³/mol. The third-order valence-corrected chi connectivity index (χ3v) is 11.0. The van der Waals surface area contributed by atoms with Gasteiger partial charge in [-0.05, 0) is 69.2 Å². The number of hydrogen-bond acceptors (Lipinski definition) is 14. The molecule has 2 heterocycles. The zero-order valence-corrected chi connectivity index (χ0v) is 40.7. The number of fused-ring (bicyclic) bond motifs is 1. The van der Waals surface area contributed by atoms with E-state index in [1.165, 1.54) is 34.8 Å². The summed E-state index contributed by atoms with van der Waals surface area (Å²) in [7, 11) is 7.77. The molecule has 0 aliphatic carbocycles. The Morgan fingerprint density at radius 1 is 0.812 bits per heavy atom. The molecule has 0 radical (unpaired) electrons. The molecule has 6 rings (SSSR count). The third kappa shape index (κ3) is 13.4. The summed E-state index contributed by atoms with van der Waals surface area (Å²) in [6, 6.07) is 23.2. The van der Waals surface area contributed by atoms with Crippen LogP contribution >= 0.6 is 0 Å². The van der Waals surface area contributed by atoms with Crippen molar-refractivity contribution >= 4 is 17.6 Å². The summed E-state index contributed by atoms with van der Waals surface area (Å²) >= 11 is 0. The average molecular weight is 957 g/mol. The molecule has 370 valence electrons. The van der Waals surface area contributed by atoms with E-state index in [-0.39, 0.29) is 49.4 Å². The van der Waals surface area contributed by atoms with Gasteiger partial charge in [0.15, 0.2) is 23.0 Å². The molecule has 2 aromatic heterocycles. The summed E-state index contributed by atoms with van der Waals surface area (Å²) in [5.74, 6) is -0.543. The Bertz CT molecular complexity index is 2570. The van der Waals surface area contributed by atoms with E-state index < -0.39 is 46.8 Å². The summed E-state index contributed by atoms with van der Waals surface area (Å²) in [5.41, 5.74) is 1.60. The van der Waals surface area contributed by atoms with Gasteiger partial charge in [0.2, 0.25) is 5.82 Å². The number of rotatable bonds is 24. The normalized spacial score (nSPS) is 12.3. The maximum absolute atomic E-state index is 16.1. The van der Waals surface area contributed by atoms with Crippen molar-refractivity contribution < 1.29 is 56.6 Å². The number of carbonyl (C=O) groups is 1. The lowest BCUT2D eigenvalue weighted by Gasteiger charge is -2.27. The van der Waals surface area contributed by atoms with Crippen LogP contribution in [0, 0.1) is 11.6 Å². The van der Waals surface area contributed by atoms with Gasteiger partial charge in [0.1, 0.15) is 47.4 Å². The van der Waals surface area contributed by atoms with Gasteiger partial charge < -0.3 is 52.8 Å². The predicted octanol–water partition coefficient (Wildman–Crippen LogP) is 9.13. The Hall–Kier alpha value is -6.92. The number of aromatic nitrogens is 4. The van der Waals surface area contributed by atoms with Crippen molar-refractivity contribution in [3.8, 4) is 34.8 Å². The Morgan fingerprint density at radius 2 is 1.46 bits per heavy atom. The first-order valence-electron chi connectivity index (χ1n) is 22.6. The molecule has 16 nitrogen and oxygen atoms in total. The number of hydrogen-bond donors (Lipinski definition) is 1. The molecule has 2 atom stereocenters. The molecule has 0 saturated carbocycles. The molecule has 18 heteroatoms. The van der Waals surface area contributed by atoms with Crippen LogP contribution in [0.2, 0.25) is 0 Å². The molecular formula is C51H62F2N6O10. The van der Waals surface area contributed by atoms with Crippen molar-refractivity contribution in [3.63, 3.8) is 0 Å². The smallest absolute Gasteiger partial charge is 0.410 e. The van der Waals surface area contributed by atoms with Crippen LogP contribution in [0.1, 0.15) is 81.0 Å². The third-order valence-electron chi connectivity index (χ3n) is 11.0. The highest BCUT2D eigenvalue weighted by Crippen LogP contribution is 2.36. The summed E-state index contributed by atoms with van der Waals surface area (Å²) in [6.07, 6.45) is 0.471. The fraction of sp³-hybridized carbons (Fsp3) is 0.412. The number of halogens is 2. The Balaban J connectivity index is 1.40. The van der Waals surface area contributed by atoms with Gasteiger partial charge in [0.25, 0.3) is 0 Å². The van der Waals surface area contributed by atoms with Gasteiger partial charge in [-0.1, -0.05) is 43.7 Å². The molecule has 6 aromatic rings. The Labute approximate surface area is 401 Å². The zero-order chi connectivity index (χ0) is 49.7. The van der Waals surface area contributed by atoms with Crippen molar-refractivity contribution in [2.24, 2.45) is 0 Å². The first-order valence-corrected chi connectivity index (χ1v) is 22.6. The number of carbonyl (C=O) groups excluding carboxylic acids is 1. The highest BCUT2D eigenvalue weighted by molar-refractivity contribution is 5.68. The SMILES string of the molecule is CCC[C@H](CCOCc1ccccc1)Oc1nc(N(Cc2ccc(OC)cc2OC)Cc2ccc(OC)cc2OC)c2ncc(C(O)c3ccc(OCCN(C)C(=O)OC(C)(C)C)c(F)c3F)n2n1. The van der Waals surface area contributed by atoms with Crippen molar-refractivity contribution in [2.75, 3.05) is 60.1 Å². The van der Waals surface area contributed by atoms with Crippen LogP contribution in [-0.2, 0) is 29.2 Å². The molecule has 69 heavy (non-hydrogen) atoms. The molecular weight excluding hydrogens is 895 g/mol. The number of aliphatic hydroxyl groups excluding tert-OH is 1. The highest BCUT2D eigenvalue weighted by Gasteiger charge is 2.29. The number of benzene rings is 4. The molecule has 0 bridgehead atoms. The lowest BCUT2D eigenvalue weighted by atomic mass is 10.1. The van der Waals surface area contributed by atoms with E-state index >= 15 is 8.78 Å². The van der Waals surface area contributed by atoms with Crippen molar-refractivity contribution in [3.05, 3.63) is 125 Å². The number of ether oxygens (including phenoxy) is 8. The Kier molecular flexibility index (Phi) is 17.8. The number of methoxy groups -OCH3 is 4. The Morgan fingerprint density at radius 3 is 2.06 bits per heavy atom. The molecule has 1 amide bonds. The van der Waals surface area contributed by atoms with E-state index in [2.05, 4.69) is 0 Å².